The van der Waals surface area contributed by atoms with E-state index in [1.807, 2.05) is 6.20 Å². The number of pyridine rings is 1. The second-order valence-corrected chi connectivity index (χ2v) is 13.3. The Kier molecular flexibility index (Phi) is 9.25. The third kappa shape index (κ3) is 6.35. The maximum absolute atomic E-state index is 13.2. The number of piperidine rings is 2. The molecule has 1 unspecified atom stereocenters. The van der Waals surface area contributed by atoms with Crippen molar-refractivity contribution < 1.29 is 15.0 Å². The molecule has 3 aliphatic rings. The van der Waals surface area contributed by atoms with Crippen molar-refractivity contribution in [3.05, 3.63) is 61.3 Å². The number of carbonyl (C=O) groups excluding carboxylic acids is 1. The number of hydrogen-bond donors (Lipinski definition) is 2. The van der Waals surface area contributed by atoms with E-state index in [0.29, 0.717) is 24.8 Å². The van der Waals surface area contributed by atoms with Gasteiger partial charge in [-0.25, -0.2) is 0 Å². The van der Waals surface area contributed by atoms with Gasteiger partial charge < -0.3 is 20.0 Å². The van der Waals surface area contributed by atoms with Gasteiger partial charge in [-0.15, -0.1) is 0 Å². The zero-order chi connectivity index (χ0) is 26.8. The quantitative estimate of drug-likeness (QED) is 0.469. The van der Waals surface area contributed by atoms with Crippen LogP contribution in [0.15, 0.2) is 33.3 Å². The van der Waals surface area contributed by atoms with Crippen molar-refractivity contribution in [2.45, 2.75) is 63.9 Å². The minimum atomic E-state index is -0.678. The van der Waals surface area contributed by atoms with Crippen molar-refractivity contribution >= 4 is 37.8 Å². The molecule has 2 atom stereocenters. The molecule has 1 aliphatic carbocycles. The Hall–Kier alpha value is -1.32. The molecule has 2 aliphatic heterocycles. The number of likely N-dealkylation sites (tertiary alicyclic amines) is 2. The number of aliphatic hydroxyl groups is 2. The maximum atomic E-state index is 13.2. The van der Waals surface area contributed by atoms with Gasteiger partial charge in [-0.1, -0.05) is 22.0 Å². The first-order valence-corrected chi connectivity index (χ1v) is 15.6. The minimum Gasteiger partial charge on any atom is -0.394 e. The van der Waals surface area contributed by atoms with E-state index in [2.05, 4.69) is 66.8 Å². The molecule has 1 aromatic heterocycles. The van der Waals surface area contributed by atoms with Crippen molar-refractivity contribution in [3.63, 3.8) is 0 Å². The first kappa shape index (κ1) is 28.2. The van der Waals surface area contributed by atoms with Gasteiger partial charge in [-0.3, -0.25) is 9.78 Å². The van der Waals surface area contributed by atoms with Gasteiger partial charge in [0, 0.05) is 47.1 Å². The van der Waals surface area contributed by atoms with Gasteiger partial charge >= 0.3 is 0 Å². The normalized spacial score (nSPS) is 22.0. The number of benzene rings is 1. The maximum Gasteiger partial charge on any atom is 0.222 e. The van der Waals surface area contributed by atoms with Gasteiger partial charge in [0.05, 0.1) is 18.4 Å². The number of rotatable bonds is 6. The summed E-state index contributed by atoms with van der Waals surface area (Å²) in [7, 11) is 0. The molecule has 5 rings (SSSR count). The Morgan fingerprint density at radius 1 is 1.05 bits per heavy atom. The van der Waals surface area contributed by atoms with Crippen molar-refractivity contribution in [1.82, 2.24) is 14.8 Å². The zero-order valence-corrected chi connectivity index (χ0v) is 25.4. The fraction of sp³-hybridized carbons (Fsp3) is 0.600. The summed E-state index contributed by atoms with van der Waals surface area (Å²) < 4.78 is 2.22. The lowest BCUT2D eigenvalue weighted by Crippen LogP contribution is -2.43. The predicted octanol–water partition coefficient (Wildman–Crippen LogP) is 4.84. The molecule has 1 amide bonds. The van der Waals surface area contributed by atoms with Gasteiger partial charge in [0.1, 0.15) is 0 Å². The van der Waals surface area contributed by atoms with Gasteiger partial charge in [-0.2, -0.15) is 0 Å². The van der Waals surface area contributed by atoms with Crippen LogP contribution in [0.1, 0.15) is 66.0 Å². The smallest absolute Gasteiger partial charge is 0.222 e. The van der Waals surface area contributed by atoms with E-state index in [0.717, 1.165) is 69.2 Å². The topological polar surface area (TPSA) is 76.9 Å². The molecule has 38 heavy (non-hydrogen) atoms. The van der Waals surface area contributed by atoms with E-state index in [-0.39, 0.29) is 18.4 Å². The fourth-order valence-electron chi connectivity index (χ4n) is 6.80. The molecule has 1 aromatic carbocycles. The summed E-state index contributed by atoms with van der Waals surface area (Å²) in [6.07, 6.45) is 7.83. The van der Waals surface area contributed by atoms with Crippen LogP contribution in [0.5, 0.6) is 0 Å². The molecule has 0 spiro atoms. The molecule has 0 radical (unpaired) electrons. The Morgan fingerprint density at radius 2 is 1.76 bits per heavy atom. The third-order valence-electron chi connectivity index (χ3n) is 8.81. The monoisotopic (exact) mass is 647 g/mol. The lowest BCUT2D eigenvalue weighted by atomic mass is 9.76. The first-order chi connectivity index (χ1) is 18.3. The summed E-state index contributed by atoms with van der Waals surface area (Å²) in [6.45, 7) is 5.87. The number of fused-ring (bicyclic) bond motifs is 2. The lowest BCUT2D eigenvalue weighted by Gasteiger charge is -2.38. The van der Waals surface area contributed by atoms with Crippen molar-refractivity contribution in [2.75, 3.05) is 39.3 Å². The zero-order valence-electron chi connectivity index (χ0n) is 22.2. The molecule has 0 bridgehead atoms. The third-order valence-corrected chi connectivity index (χ3v) is 9.90. The van der Waals surface area contributed by atoms with Gasteiger partial charge in [0.25, 0.3) is 0 Å². The summed E-state index contributed by atoms with van der Waals surface area (Å²) in [5, 5.41) is 18.8. The van der Waals surface area contributed by atoms with E-state index in [9.17, 15) is 9.90 Å². The molecule has 0 saturated carbocycles. The summed E-state index contributed by atoms with van der Waals surface area (Å²) in [6, 6.07) is 6.84. The average molecular weight is 649 g/mol. The van der Waals surface area contributed by atoms with Gasteiger partial charge in [-0.05, 0) is 121 Å². The van der Waals surface area contributed by atoms with Gasteiger partial charge in [0.2, 0.25) is 5.91 Å². The summed E-state index contributed by atoms with van der Waals surface area (Å²) in [5.74, 6) is 1.38. The number of halogens is 2. The van der Waals surface area contributed by atoms with Crippen LogP contribution < -0.4 is 0 Å². The van der Waals surface area contributed by atoms with Crippen molar-refractivity contribution in [1.29, 1.82) is 0 Å². The fourth-order valence-corrected chi connectivity index (χ4v) is 8.05. The molecule has 3 heterocycles. The van der Waals surface area contributed by atoms with Crippen LogP contribution in [0.2, 0.25) is 0 Å². The second-order valence-electron chi connectivity index (χ2n) is 11.5. The van der Waals surface area contributed by atoms with Crippen LogP contribution in [-0.4, -0.2) is 76.3 Å². The van der Waals surface area contributed by atoms with Crippen LogP contribution in [-0.2, 0) is 17.6 Å². The Balaban J connectivity index is 1.25. The minimum absolute atomic E-state index is 0.198. The Bertz CT molecular complexity index is 1140. The SMILES string of the molecule is Cc1cc(Br)c2c(c1)CCc1cc(Br)cnc1[C@@H]2C1CCN(C(=O)CC2CCN(CC(O)CO)CC2)CC1. The van der Waals surface area contributed by atoms with E-state index in [1.54, 1.807) is 0 Å². The highest BCUT2D eigenvalue weighted by Crippen LogP contribution is 2.45. The molecule has 2 saturated heterocycles. The largest absolute Gasteiger partial charge is 0.394 e. The van der Waals surface area contributed by atoms with Crippen molar-refractivity contribution in [2.24, 2.45) is 11.8 Å². The molecule has 8 heteroatoms. The molecule has 2 aromatic rings. The highest BCUT2D eigenvalue weighted by Gasteiger charge is 2.36. The standard InChI is InChI=1S/C30H39Br2N3O3/c1-19-12-22-2-3-23-15-24(31)16-33-30(23)29(28(22)26(32)13-19)21-6-10-35(11-7-21)27(38)14-20-4-8-34(9-5-20)17-25(37)18-36/h12-13,15-16,20-21,25,29,36-37H,2-11,14,17-18H2,1H3/t25?,29-/m1/s1. The van der Waals surface area contributed by atoms with Crippen LogP contribution >= 0.6 is 31.9 Å². The molecule has 206 valence electrons. The van der Waals surface area contributed by atoms with E-state index in [4.69, 9.17) is 10.1 Å². The number of aliphatic hydroxyl groups excluding tert-OH is 2. The highest BCUT2D eigenvalue weighted by atomic mass is 79.9. The summed E-state index contributed by atoms with van der Waals surface area (Å²) >= 11 is 7.56. The Labute approximate surface area is 243 Å². The van der Waals surface area contributed by atoms with Gasteiger partial charge in [0.15, 0.2) is 0 Å². The van der Waals surface area contributed by atoms with Crippen molar-refractivity contribution in [3.8, 4) is 0 Å². The first-order valence-electron chi connectivity index (χ1n) is 14.0. The number of β-amino-alcohol motifs (C(OH)–C–C–N with tert-alkyl or cyclic N) is 1. The summed E-state index contributed by atoms with van der Waals surface area (Å²) in [4.78, 5) is 22.5. The van der Waals surface area contributed by atoms with E-state index in [1.165, 1.54) is 32.4 Å². The van der Waals surface area contributed by atoms with Crippen LogP contribution in [0, 0.1) is 18.8 Å². The number of amides is 1. The molecular formula is C30H39Br2N3O3. The second kappa shape index (κ2) is 12.5. The summed E-state index contributed by atoms with van der Waals surface area (Å²) in [5.41, 5.74) is 6.64. The predicted molar refractivity (Wildman–Crippen MR) is 156 cm³/mol. The Morgan fingerprint density at radius 3 is 2.47 bits per heavy atom. The van der Waals surface area contributed by atoms with Crippen LogP contribution in [0.3, 0.4) is 0 Å². The van der Waals surface area contributed by atoms with E-state index >= 15 is 0 Å². The number of nitrogens with zero attached hydrogens (tertiary/aromatic N) is 3. The van der Waals surface area contributed by atoms with Crippen LogP contribution in [0.25, 0.3) is 0 Å². The number of aromatic nitrogens is 1. The molecule has 2 fully saturated rings. The highest BCUT2D eigenvalue weighted by molar-refractivity contribution is 9.10. The number of carbonyl (C=O) groups is 1. The number of hydrogen-bond acceptors (Lipinski definition) is 5. The van der Waals surface area contributed by atoms with E-state index < -0.39 is 6.10 Å². The number of aryl methyl sites for hydroxylation is 3. The lowest BCUT2D eigenvalue weighted by molar-refractivity contribution is -0.134. The average Bonchev–Trinajstić information content (AvgIpc) is 3.06. The molecular weight excluding hydrogens is 610 g/mol. The van der Waals surface area contributed by atoms with Crippen LogP contribution in [0.4, 0.5) is 0 Å². The molecule has 6 nitrogen and oxygen atoms in total. The molecule has 2 N–H and O–H groups in total.